The van der Waals surface area contributed by atoms with Crippen LogP contribution < -0.4 is 16.2 Å². The number of aromatic nitrogens is 2. The van der Waals surface area contributed by atoms with E-state index in [0.717, 1.165) is 15.7 Å². The number of hydrogen-bond acceptors (Lipinski definition) is 6. The van der Waals surface area contributed by atoms with Crippen LogP contribution in [0.25, 0.3) is 0 Å². The number of benzene rings is 1. The van der Waals surface area contributed by atoms with Crippen LogP contribution >= 0.6 is 12.2 Å². The highest BCUT2D eigenvalue weighted by Gasteiger charge is 2.17. The largest absolute Gasteiger partial charge is 0.331 e. The molecule has 0 fully saturated rings. The van der Waals surface area contributed by atoms with Crippen LogP contribution in [0.4, 0.5) is 11.6 Å². The van der Waals surface area contributed by atoms with Crippen LogP contribution in [0.15, 0.2) is 35.2 Å². The smallest absolute Gasteiger partial charge is 0.242 e. The molecular formula is C15H20N6O2S2. The lowest BCUT2D eigenvalue weighted by molar-refractivity contribution is 0.521. The zero-order chi connectivity index (χ0) is 18.6. The molecule has 0 amide bonds. The highest BCUT2D eigenvalue weighted by atomic mass is 32.2. The van der Waals surface area contributed by atoms with E-state index < -0.39 is 10.0 Å². The Morgan fingerprint density at radius 2 is 1.76 bits per heavy atom. The van der Waals surface area contributed by atoms with Crippen LogP contribution in [0.1, 0.15) is 11.4 Å². The van der Waals surface area contributed by atoms with Crippen molar-refractivity contribution in [1.29, 1.82) is 0 Å². The second-order valence-electron chi connectivity index (χ2n) is 5.49. The molecule has 0 aliphatic heterocycles. The zero-order valence-corrected chi connectivity index (χ0v) is 16.0. The van der Waals surface area contributed by atoms with Crippen molar-refractivity contribution in [2.75, 3.05) is 24.8 Å². The van der Waals surface area contributed by atoms with Gasteiger partial charge in [-0.1, -0.05) is 6.07 Å². The summed E-state index contributed by atoms with van der Waals surface area (Å²) in [7, 11) is -0.543. The Bertz CT molecular complexity index is 863. The molecule has 0 bridgehead atoms. The summed E-state index contributed by atoms with van der Waals surface area (Å²) in [5.41, 5.74) is 7.78. The predicted octanol–water partition coefficient (Wildman–Crippen LogP) is 1.66. The molecule has 25 heavy (non-hydrogen) atoms. The zero-order valence-electron chi connectivity index (χ0n) is 14.4. The van der Waals surface area contributed by atoms with Gasteiger partial charge in [-0.25, -0.2) is 22.7 Å². The molecule has 0 atom stereocenters. The van der Waals surface area contributed by atoms with E-state index in [1.165, 1.54) is 26.2 Å². The Balaban J connectivity index is 2.03. The third kappa shape index (κ3) is 5.08. The minimum atomic E-state index is -3.51. The Morgan fingerprint density at radius 1 is 1.12 bits per heavy atom. The summed E-state index contributed by atoms with van der Waals surface area (Å²) in [6.07, 6.45) is 0. The molecule has 3 N–H and O–H groups in total. The Labute approximate surface area is 152 Å². The van der Waals surface area contributed by atoms with Crippen molar-refractivity contribution >= 4 is 39.0 Å². The second kappa shape index (κ2) is 7.72. The van der Waals surface area contributed by atoms with Crippen LogP contribution in [0, 0.1) is 13.8 Å². The maximum Gasteiger partial charge on any atom is 0.242 e. The molecule has 1 aromatic carbocycles. The van der Waals surface area contributed by atoms with Crippen LogP contribution in [0.2, 0.25) is 0 Å². The van der Waals surface area contributed by atoms with Gasteiger partial charge in [-0.3, -0.25) is 10.9 Å². The number of hydrazine groups is 1. The molecule has 0 unspecified atom stereocenters. The fourth-order valence-corrected chi connectivity index (χ4v) is 3.12. The average Bonchev–Trinajstić information content (AvgIpc) is 2.52. The number of hydrogen-bond donors (Lipinski definition) is 3. The van der Waals surface area contributed by atoms with E-state index in [-0.39, 0.29) is 10.0 Å². The van der Waals surface area contributed by atoms with Gasteiger partial charge in [0.05, 0.1) is 4.90 Å². The molecule has 1 heterocycles. The van der Waals surface area contributed by atoms with Crippen molar-refractivity contribution in [2.45, 2.75) is 18.7 Å². The number of rotatable bonds is 5. The van der Waals surface area contributed by atoms with Crippen LogP contribution in [-0.2, 0) is 10.0 Å². The van der Waals surface area contributed by atoms with Crippen molar-refractivity contribution in [3.05, 3.63) is 41.7 Å². The minimum Gasteiger partial charge on any atom is -0.331 e. The van der Waals surface area contributed by atoms with Crippen molar-refractivity contribution < 1.29 is 8.42 Å². The summed E-state index contributed by atoms with van der Waals surface area (Å²) in [5, 5.41) is 3.16. The third-order valence-electron chi connectivity index (χ3n) is 3.14. The average molecular weight is 380 g/mol. The van der Waals surface area contributed by atoms with Crippen molar-refractivity contribution in [1.82, 2.24) is 19.7 Å². The van der Waals surface area contributed by atoms with Crippen LogP contribution in [0.3, 0.4) is 0 Å². The van der Waals surface area contributed by atoms with Gasteiger partial charge in [0.25, 0.3) is 0 Å². The van der Waals surface area contributed by atoms with E-state index in [4.69, 9.17) is 12.2 Å². The van der Waals surface area contributed by atoms with E-state index in [1.54, 1.807) is 12.1 Å². The summed E-state index contributed by atoms with van der Waals surface area (Å²) >= 11 is 5.19. The normalized spacial score (nSPS) is 11.2. The molecule has 0 aliphatic rings. The molecule has 0 aliphatic carbocycles. The summed E-state index contributed by atoms with van der Waals surface area (Å²) in [5.74, 6) is 0.394. The standard InChI is InChI=1S/C15H20N6O2S2/c1-10-8-11(2)17-14(16-10)19-20-15(24)18-12-6-5-7-13(9-12)25(22,23)21(3)4/h5-9H,1-4H3,(H,16,17,19)(H2,18,20,24). The number of aryl methyl sites for hydroxylation is 2. The molecular weight excluding hydrogens is 360 g/mol. The van der Waals surface area contributed by atoms with Gasteiger partial charge >= 0.3 is 0 Å². The number of nitrogens with one attached hydrogen (secondary N) is 3. The lowest BCUT2D eigenvalue weighted by Crippen LogP contribution is -2.34. The minimum absolute atomic E-state index is 0.177. The van der Waals surface area contributed by atoms with Gasteiger partial charge in [-0.05, 0) is 50.3 Å². The van der Waals surface area contributed by atoms with Gasteiger partial charge in [0.2, 0.25) is 16.0 Å². The first-order valence-corrected chi connectivity index (χ1v) is 9.21. The van der Waals surface area contributed by atoms with Gasteiger partial charge in [-0.15, -0.1) is 0 Å². The monoisotopic (exact) mass is 380 g/mol. The van der Waals surface area contributed by atoms with Gasteiger partial charge in [0.1, 0.15) is 0 Å². The lowest BCUT2D eigenvalue weighted by Gasteiger charge is -2.14. The summed E-state index contributed by atoms with van der Waals surface area (Å²) < 4.78 is 25.5. The van der Waals surface area contributed by atoms with Crippen molar-refractivity contribution in [2.24, 2.45) is 0 Å². The van der Waals surface area contributed by atoms with Gasteiger partial charge in [0, 0.05) is 31.2 Å². The first kappa shape index (κ1) is 19.0. The van der Waals surface area contributed by atoms with E-state index >= 15 is 0 Å². The number of thiocarbonyl (C=S) groups is 1. The topological polar surface area (TPSA) is 99.2 Å². The Kier molecular flexibility index (Phi) is 5.88. The SMILES string of the molecule is Cc1cc(C)nc(NNC(=S)Nc2cccc(S(=O)(=O)N(C)C)c2)n1. The highest BCUT2D eigenvalue weighted by Crippen LogP contribution is 2.17. The third-order valence-corrected chi connectivity index (χ3v) is 5.16. The van der Waals surface area contributed by atoms with E-state index in [2.05, 4.69) is 26.1 Å². The highest BCUT2D eigenvalue weighted by molar-refractivity contribution is 7.89. The molecule has 0 saturated heterocycles. The van der Waals surface area contributed by atoms with Gasteiger partial charge < -0.3 is 5.32 Å². The maximum absolute atomic E-state index is 12.2. The lowest BCUT2D eigenvalue weighted by atomic mass is 10.3. The molecule has 0 spiro atoms. The molecule has 2 aromatic rings. The van der Waals surface area contributed by atoms with E-state index in [1.807, 2.05) is 19.9 Å². The Morgan fingerprint density at radius 3 is 2.36 bits per heavy atom. The Hall–Kier alpha value is -2.30. The predicted molar refractivity (Wildman–Crippen MR) is 102 cm³/mol. The summed E-state index contributed by atoms with van der Waals surface area (Å²) in [6, 6.07) is 8.26. The fraction of sp³-hybridized carbons (Fsp3) is 0.267. The van der Waals surface area contributed by atoms with Crippen LogP contribution in [-0.4, -0.2) is 41.9 Å². The molecule has 8 nitrogen and oxygen atoms in total. The summed E-state index contributed by atoms with van der Waals surface area (Å²) in [4.78, 5) is 8.62. The second-order valence-corrected chi connectivity index (χ2v) is 8.05. The maximum atomic E-state index is 12.2. The number of anilines is 2. The van der Waals surface area contributed by atoms with Gasteiger partial charge in [-0.2, -0.15) is 0 Å². The quantitative estimate of drug-likeness (QED) is 0.532. The molecule has 2 rings (SSSR count). The summed E-state index contributed by atoms with van der Waals surface area (Å²) in [6.45, 7) is 3.74. The molecule has 10 heteroatoms. The number of sulfonamides is 1. The molecule has 1 aromatic heterocycles. The first-order chi connectivity index (χ1) is 11.7. The van der Waals surface area contributed by atoms with Crippen LogP contribution in [0.5, 0.6) is 0 Å². The van der Waals surface area contributed by atoms with Gasteiger partial charge in [0.15, 0.2) is 5.11 Å². The molecule has 0 radical (unpaired) electrons. The first-order valence-electron chi connectivity index (χ1n) is 7.36. The fourth-order valence-electron chi connectivity index (χ4n) is 2.00. The van der Waals surface area contributed by atoms with E-state index in [9.17, 15) is 8.42 Å². The molecule has 0 saturated carbocycles. The number of nitrogens with zero attached hydrogens (tertiary/aromatic N) is 3. The van der Waals surface area contributed by atoms with Crippen molar-refractivity contribution in [3.8, 4) is 0 Å². The van der Waals surface area contributed by atoms with Crippen molar-refractivity contribution in [3.63, 3.8) is 0 Å². The molecule has 134 valence electrons. The van der Waals surface area contributed by atoms with E-state index in [0.29, 0.717) is 11.6 Å².